The van der Waals surface area contributed by atoms with Crippen LogP contribution in [0.15, 0.2) is 23.1 Å². The van der Waals surface area contributed by atoms with Crippen molar-refractivity contribution >= 4 is 11.6 Å². The summed E-state index contributed by atoms with van der Waals surface area (Å²) >= 11 is 0. The third kappa shape index (κ3) is 4.20. The fourth-order valence-corrected chi connectivity index (χ4v) is 1.37. The second-order valence-corrected chi connectivity index (χ2v) is 4.71. The van der Waals surface area contributed by atoms with Gasteiger partial charge in [0.15, 0.2) is 0 Å². The minimum atomic E-state index is -0.607. The lowest BCUT2D eigenvalue weighted by Crippen LogP contribution is -2.39. The van der Waals surface area contributed by atoms with Gasteiger partial charge in [-0.25, -0.2) is 0 Å². The first-order valence-corrected chi connectivity index (χ1v) is 5.95. The van der Waals surface area contributed by atoms with Crippen LogP contribution >= 0.6 is 0 Å². The van der Waals surface area contributed by atoms with Crippen LogP contribution in [0.4, 0.5) is 5.69 Å². The summed E-state index contributed by atoms with van der Waals surface area (Å²) in [4.78, 5) is 33.2. The van der Waals surface area contributed by atoms with Gasteiger partial charge < -0.3 is 5.32 Å². The van der Waals surface area contributed by atoms with E-state index in [-0.39, 0.29) is 30.1 Å². The van der Waals surface area contributed by atoms with E-state index in [0.29, 0.717) is 0 Å². The fraction of sp³-hybridized carbons (Fsp3) is 0.500. The van der Waals surface area contributed by atoms with Gasteiger partial charge >= 0.3 is 0 Å². The van der Waals surface area contributed by atoms with Gasteiger partial charge in [-0.3, -0.25) is 24.3 Å². The van der Waals surface area contributed by atoms with Crippen LogP contribution in [-0.2, 0) is 11.3 Å². The molecule has 0 radical (unpaired) electrons. The Morgan fingerprint density at radius 3 is 2.58 bits per heavy atom. The number of carbonyl (C=O) groups is 1. The van der Waals surface area contributed by atoms with E-state index in [1.807, 2.05) is 20.8 Å². The molecule has 0 bridgehead atoms. The summed E-state index contributed by atoms with van der Waals surface area (Å²) in [5.74, 6) is -0.0745. The van der Waals surface area contributed by atoms with E-state index in [1.54, 1.807) is 0 Å². The van der Waals surface area contributed by atoms with E-state index in [4.69, 9.17) is 0 Å². The summed E-state index contributed by atoms with van der Waals surface area (Å²) in [5.41, 5.74) is -0.665. The number of carbonyl (C=O) groups excluding carboxylic acids is 1. The predicted octanol–water partition coefficient (Wildman–Crippen LogP) is 0.917. The van der Waals surface area contributed by atoms with Crippen LogP contribution in [0.25, 0.3) is 0 Å². The zero-order chi connectivity index (χ0) is 14.6. The van der Waals surface area contributed by atoms with Crippen molar-refractivity contribution in [2.75, 3.05) is 0 Å². The SMILES string of the molecule is CC(C)[C@H](C)NC(=O)Cn1cc([N+](=O)[O-])ccc1=O. The number of rotatable bonds is 5. The van der Waals surface area contributed by atoms with Crippen LogP contribution in [0, 0.1) is 16.0 Å². The minimum absolute atomic E-state index is 0.0260. The fourth-order valence-electron chi connectivity index (χ4n) is 1.37. The Hall–Kier alpha value is -2.18. The maximum atomic E-state index is 11.7. The maximum absolute atomic E-state index is 11.7. The van der Waals surface area contributed by atoms with Gasteiger partial charge in [-0.05, 0) is 12.8 Å². The molecule has 0 aliphatic heterocycles. The van der Waals surface area contributed by atoms with E-state index in [1.165, 1.54) is 0 Å². The lowest BCUT2D eigenvalue weighted by atomic mass is 10.1. The monoisotopic (exact) mass is 267 g/mol. The van der Waals surface area contributed by atoms with Crippen molar-refractivity contribution < 1.29 is 9.72 Å². The van der Waals surface area contributed by atoms with E-state index in [9.17, 15) is 19.7 Å². The predicted molar refractivity (Wildman–Crippen MR) is 69.8 cm³/mol. The molecule has 7 nitrogen and oxygen atoms in total. The molecule has 0 saturated heterocycles. The number of aromatic nitrogens is 1. The highest BCUT2D eigenvalue weighted by molar-refractivity contribution is 5.76. The normalized spacial score (nSPS) is 12.2. The topological polar surface area (TPSA) is 94.2 Å². The van der Waals surface area contributed by atoms with Crippen LogP contribution in [0.5, 0.6) is 0 Å². The van der Waals surface area contributed by atoms with Crippen molar-refractivity contribution in [1.82, 2.24) is 9.88 Å². The van der Waals surface area contributed by atoms with Gasteiger partial charge in [0.2, 0.25) is 5.91 Å². The summed E-state index contributed by atoms with van der Waals surface area (Å²) in [6, 6.07) is 2.17. The molecule has 0 aliphatic carbocycles. The lowest BCUT2D eigenvalue weighted by molar-refractivity contribution is -0.385. The maximum Gasteiger partial charge on any atom is 0.285 e. The Kier molecular flexibility index (Phi) is 4.80. The Morgan fingerprint density at radius 1 is 1.42 bits per heavy atom. The van der Waals surface area contributed by atoms with Crippen molar-refractivity contribution in [3.63, 3.8) is 0 Å². The molecule has 0 fully saturated rings. The molecule has 0 aromatic carbocycles. The molecule has 0 saturated carbocycles. The molecule has 0 unspecified atom stereocenters. The smallest absolute Gasteiger partial charge is 0.285 e. The second kappa shape index (κ2) is 6.12. The Bertz CT molecular complexity index is 536. The first-order valence-electron chi connectivity index (χ1n) is 5.95. The van der Waals surface area contributed by atoms with Crippen LogP contribution < -0.4 is 10.9 Å². The zero-order valence-electron chi connectivity index (χ0n) is 11.1. The molecule has 0 spiro atoms. The average Bonchev–Trinajstić information content (AvgIpc) is 2.31. The number of amides is 1. The van der Waals surface area contributed by atoms with Crippen LogP contribution in [0.2, 0.25) is 0 Å². The average molecular weight is 267 g/mol. The summed E-state index contributed by atoms with van der Waals surface area (Å²) in [5, 5.41) is 13.3. The van der Waals surface area contributed by atoms with Gasteiger partial charge in [0, 0.05) is 18.2 Å². The van der Waals surface area contributed by atoms with Crippen molar-refractivity contribution in [2.45, 2.75) is 33.4 Å². The highest BCUT2D eigenvalue weighted by Gasteiger charge is 2.13. The molecule has 0 aliphatic rings. The minimum Gasteiger partial charge on any atom is -0.352 e. The molecule has 1 N–H and O–H groups in total. The number of nitrogens with one attached hydrogen (secondary N) is 1. The van der Waals surface area contributed by atoms with Gasteiger partial charge in [0.1, 0.15) is 6.54 Å². The van der Waals surface area contributed by atoms with Crippen molar-refractivity contribution in [1.29, 1.82) is 0 Å². The number of hydrogen-bond donors (Lipinski definition) is 1. The highest BCUT2D eigenvalue weighted by atomic mass is 16.6. The van der Waals surface area contributed by atoms with Gasteiger partial charge in [-0.15, -0.1) is 0 Å². The summed E-state index contributed by atoms with van der Waals surface area (Å²) in [6.07, 6.45) is 1.07. The Labute approximate surface area is 110 Å². The quantitative estimate of drug-likeness (QED) is 0.634. The van der Waals surface area contributed by atoms with Gasteiger partial charge in [0.25, 0.3) is 11.2 Å². The standard InChI is InChI=1S/C12H17N3O4/c1-8(2)9(3)13-11(16)7-14-6-10(15(18)19)4-5-12(14)17/h4-6,8-9H,7H2,1-3H3,(H,13,16)/t9-/m0/s1. The van der Waals surface area contributed by atoms with Crippen molar-refractivity contribution in [3.8, 4) is 0 Å². The van der Waals surface area contributed by atoms with Crippen LogP contribution in [0.1, 0.15) is 20.8 Å². The largest absolute Gasteiger partial charge is 0.352 e. The number of nitrogens with zero attached hydrogens (tertiary/aromatic N) is 2. The molecular formula is C12H17N3O4. The lowest BCUT2D eigenvalue weighted by Gasteiger charge is -2.17. The van der Waals surface area contributed by atoms with E-state index in [0.717, 1.165) is 22.9 Å². The summed E-state index contributed by atoms with van der Waals surface area (Å²) < 4.78 is 1.03. The molecule has 1 aromatic rings. The first-order chi connectivity index (χ1) is 8.81. The Balaban J connectivity index is 2.82. The number of pyridine rings is 1. The van der Waals surface area contributed by atoms with E-state index >= 15 is 0 Å². The zero-order valence-corrected chi connectivity index (χ0v) is 11.1. The molecule has 1 rings (SSSR count). The number of nitro groups is 1. The van der Waals surface area contributed by atoms with Crippen molar-refractivity contribution in [2.24, 2.45) is 5.92 Å². The summed E-state index contributed by atoms with van der Waals surface area (Å²) in [6.45, 7) is 5.56. The molecule has 104 valence electrons. The van der Waals surface area contributed by atoms with Gasteiger partial charge in [-0.2, -0.15) is 0 Å². The van der Waals surface area contributed by atoms with Crippen LogP contribution in [0.3, 0.4) is 0 Å². The third-order valence-corrected chi connectivity index (χ3v) is 2.88. The molecule has 1 atom stereocenters. The van der Waals surface area contributed by atoms with E-state index < -0.39 is 10.5 Å². The molecule has 1 heterocycles. The number of hydrogen-bond acceptors (Lipinski definition) is 4. The van der Waals surface area contributed by atoms with Crippen LogP contribution in [-0.4, -0.2) is 21.4 Å². The van der Waals surface area contributed by atoms with Crippen molar-refractivity contribution in [3.05, 3.63) is 38.8 Å². The molecule has 7 heteroatoms. The summed E-state index contributed by atoms with van der Waals surface area (Å²) in [7, 11) is 0. The first kappa shape index (κ1) is 14.9. The van der Waals surface area contributed by atoms with Gasteiger partial charge in [-0.1, -0.05) is 13.8 Å². The molecule has 19 heavy (non-hydrogen) atoms. The highest BCUT2D eigenvalue weighted by Crippen LogP contribution is 2.06. The van der Waals surface area contributed by atoms with Gasteiger partial charge in [0.05, 0.1) is 11.1 Å². The third-order valence-electron chi connectivity index (χ3n) is 2.88. The molecular weight excluding hydrogens is 250 g/mol. The van der Waals surface area contributed by atoms with E-state index in [2.05, 4.69) is 5.32 Å². The second-order valence-electron chi connectivity index (χ2n) is 4.71. The molecule has 1 aromatic heterocycles. The molecule has 1 amide bonds. The Morgan fingerprint density at radius 2 is 2.05 bits per heavy atom.